The van der Waals surface area contributed by atoms with Gasteiger partial charge in [0.25, 0.3) is 21.8 Å². The Morgan fingerprint density at radius 2 is 1.66 bits per heavy atom. The summed E-state index contributed by atoms with van der Waals surface area (Å²) in [6.45, 7) is 3.60. The summed E-state index contributed by atoms with van der Waals surface area (Å²) >= 11 is 6.18. The monoisotopic (exact) mass is 471 g/mol. The van der Waals surface area contributed by atoms with Gasteiger partial charge in [-0.2, -0.15) is 0 Å². The zero-order valence-corrected chi connectivity index (χ0v) is 19.3. The lowest BCUT2D eigenvalue weighted by Gasteiger charge is -2.13. The summed E-state index contributed by atoms with van der Waals surface area (Å²) in [7, 11) is -2.40. The Morgan fingerprint density at radius 1 is 0.906 bits per heavy atom. The molecule has 3 N–H and O–H groups in total. The minimum Gasteiger partial charge on any atom is -0.355 e. The second kappa shape index (κ2) is 9.42. The largest absolute Gasteiger partial charge is 0.355 e. The van der Waals surface area contributed by atoms with Crippen molar-refractivity contribution in [2.24, 2.45) is 0 Å². The number of carbonyl (C=O) groups is 2. The molecule has 3 aromatic rings. The Kier molecular flexibility index (Phi) is 6.86. The molecule has 0 aliphatic heterocycles. The van der Waals surface area contributed by atoms with E-state index in [-0.39, 0.29) is 21.4 Å². The lowest BCUT2D eigenvalue weighted by atomic mass is 10.1. The lowest BCUT2D eigenvalue weighted by Crippen LogP contribution is -2.19. The molecule has 0 bridgehead atoms. The van der Waals surface area contributed by atoms with Crippen LogP contribution in [0, 0.1) is 13.8 Å². The van der Waals surface area contributed by atoms with Crippen LogP contribution in [0.15, 0.2) is 65.6 Å². The van der Waals surface area contributed by atoms with E-state index in [9.17, 15) is 18.0 Å². The predicted octanol–water partition coefficient (Wildman–Crippen LogP) is 4.37. The van der Waals surface area contributed by atoms with E-state index in [0.717, 1.165) is 5.56 Å². The molecule has 2 amide bonds. The topological polar surface area (TPSA) is 104 Å². The smallest absolute Gasteiger partial charge is 0.261 e. The van der Waals surface area contributed by atoms with E-state index >= 15 is 0 Å². The summed E-state index contributed by atoms with van der Waals surface area (Å²) in [4.78, 5) is 24.5. The van der Waals surface area contributed by atoms with Crippen LogP contribution < -0.4 is 15.4 Å². The van der Waals surface area contributed by atoms with Crippen molar-refractivity contribution in [1.82, 2.24) is 5.32 Å². The fourth-order valence-corrected chi connectivity index (χ4v) is 4.33. The van der Waals surface area contributed by atoms with E-state index in [1.165, 1.54) is 25.2 Å². The van der Waals surface area contributed by atoms with Gasteiger partial charge in [-0.25, -0.2) is 8.42 Å². The quantitative estimate of drug-likeness (QED) is 0.496. The highest BCUT2D eigenvalue weighted by atomic mass is 35.5. The normalized spacial score (nSPS) is 11.0. The number of hydrogen-bond donors (Lipinski definition) is 3. The highest BCUT2D eigenvalue weighted by Gasteiger charge is 2.20. The fourth-order valence-electron chi connectivity index (χ4n) is 3.05. The molecule has 0 aliphatic rings. The predicted molar refractivity (Wildman–Crippen MR) is 126 cm³/mol. The van der Waals surface area contributed by atoms with E-state index in [0.29, 0.717) is 22.5 Å². The maximum absolute atomic E-state index is 12.9. The first-order valence-electron chi connectivity index (χ1n) is 9.64. The molecule has 9 heteroatoms. The Morgan fingerprint density at radius 3 is 2.31 bits per heavy atom. The minimum atomic E-state index is -3.94. The molecule has 3 aromatic carbocycles. The number of benzene rings is 3. The van der Waals surface area contributed by atoms with E-state index in [1.807, 2.05) is 13.0 Å². The molecular weight excluding hydrogens is 450 g/mol. The van der Waals surface area contributed by atoms with Crippen LogP contribution in [0.3, 0.4) is 0 Å². The van der Waals surface area contributed by atoms with Gasteiger partial charge < -0.3 is 10.6 Å². The number of halogens is 1. The average molecular weight is 472 g/mol. The van der Waals surface area contributed by atoms with Crippen LogP contribution >= 0.6 is 11.6 Å². The third-order valence-corrected chi connectivity index (χ3v) is 6.44. The number of sulfonamides is 1. The van der Waals surface area contributed by atoms with Crippen LogP contribution in [-0.2, 0) is 10.0 Å². The third-order valence-electron chi connectivity index (χ3n) is 4.73. The average Bonchev–Trinajstić information content (AvgIpc) is 2.74. The molecule has 0 aliphatic carbocycles. The molecule has 0 fully saturated rings. The molecule has 0 radical (unpaired) electrons. The van der Waals surface area contributed by atoms with Crippen molar-refractivity contribution in [3.05, 3.63) is 87.9 Å². The van der Waals surface area contributed by atoms with Crippen molar-refractivity contribution in [1.29, 1.82) is 0 Å². The zero-order valence-electron chi connectivity index (χ0n) is 17.7. The van der Waals surface area contributed by atoms with Crippen molar-refractivity contribution in [3.8, 4) is 0 Å². The SMILES string of the molecule is CNC(=O)c1ccc(NC(=O)c2cc(S(=O)(=O)Nc3cccc(C)c3)ccc2Cl)c(C)c1. The van der Waals surface area contributed by atoms with Crippen LogP contribution in [0.5, 0.6) is 0 Å². The van der Waals surface area contributed by atoms with Gasteiger partial charge in [-0.3, -0.25) is 14.3 Å². The summed E-state index contributed by atoms with van der Waals surface area (Å²) in [5.41, 5.74) is 2.92. The van der Waals surface area contributed by atoms with Gasteiger partial charge >= 0.3 is 0 Å². The molecular formula is C23H22ClN3O4S. The molecule has 0 saturated heterocycles. The highest BCUT2D eigenvalue weighted by molar-refractivity contribution is 7.92. The molecule has 0 spiro atoms. The molecule has 0 saturated carbocycles. The molecule has 7 nitrogen and oxygen atoms in total. The van der Waals surface area contributed by atoms with Crippen molar-refractivity contribution in [2.75, 3.05) is 17.1 Å². The second-order valence-electron chi connectivity index (χ2n) is 7.18. The Labute approximate surface area is 191 Å². The highest BCUT2D eigenvalue weighted by Crippen LogP contribution is 2.25. The van der Waals surface area contributed by atoms with E-state index in [2.05, 4.69) is 15.4 Å². The summed E-state index contributed by atoms with van der Waals surface area (Å²) in [5.74, 6) is -0.813. The van der Waals surface area contributed by atoms with Gasteiger partial charge in [0.15, 0.2) is 0 Å². The summed E-state index contributed by atoms with van der Waals surface area (Å²) in [5, 5.41) is 5.36. The van der Waals surface area contributed by atoms with Crippen LogP contribution in [0.2, 0.25) is 5.02 Å². The van der Waals surface area contributed by atoms with Crippen LogP contribution in [0.1, 0.15) is 31.8 Å². The number of anilines is 2. The first-order chi connectivity index (χ1) is 15.1. The molecule has 32 heavy (non-hydrogen) atoms. The van der Waals surface area contributed by atoms with Crippen molar-refractivity contribution in [2.45, 2.75) is 18.7 Å². The summed E-state index contributed by atoms with van der Waals surface area (Å²) in [6, 6.07) is 15.7. The van der Waals surface area contributed by atoms with Crippen LogP contribution in [0.4, 0.5) is 11.4 Å². The molecule has 166 valence electrons. The Bertz CT molecular complexity index is 1310. The standard InChI is InChI=1S/C23H22ClN3O4S/c1-14-5-4-6-17(11-14)27-32(30,31)18-8-9-20(24)19(13-18)23(29)26-21-10-7-16(12-15(21)2)22(28)25-3/h4-13,27H,1-3H3,(H,25,28)(H,26,29). The van der Waals surface area contributed by atoms with Gasteiger partial charge in [-0.05, 0) is 73.5 Å². The number of rotatable bonds is 6. The first kappa shape index (κ1) is 23.3. The number of carbonyl (C=O) groups excluding carboxylic acids is 2. The maximum atomic E-state index is 12.9. The van der Waals surface area contributed by atoms with Crippen molar-refractivity contribution < 1.29 is 18.0 Å². The summed E-state index contributed by atoms with van der Waals surface area (Å²) < 4.78 is 28.1. The van der Waals surface area contributed by atoms with Gasteiger partial charge in [0, 0.05) is 24.0 Å². The van der Waals surface area contributed by atoms with Crippen molar-refractivity contribution >= 4 is 44.8 Å². The van der Waals surface area contributed by atoms with Crippen LogP contribution in [0.25, 0.3) is 0 Å². The van der Waals surface area contributed by atoms with E-state index in [4.69, 9.17) is 11.6 Å². The molecule has 0 aromatic heterocycles. The van der Waals surface area contributed by atoms with Gasteiger partial charge in [-0.15, -0.1) is 0 Å². The van der Waals surface area contributed by atoms with Gasteiger partial charge in [0.05, 0.1) is 15.5 Å². The zero-order chi connectivity index (χ0) is 23.5. The fraction of sp³-hybridized carbons (Fsp3) is 0.130. The van der Waals surface area contributed by atoms with E-state index < -0.39 is 15.9 Å². The molecule has 0 heterocycles. The Balaban J connectivity index is 1.87. The van der Waals surface area contributed by atoms with Gasteiger partial charge in [0.1, 0.15) is 0 Å². The number of aryl methyl sites for hydroxylation is 2. The maximum Gasteiger partial charge on any atom is 0.261 e. The third kappa shape index (κ3) is 5.27. The molecule has 3 rings (SSSR count). The molecule has 0 atom stereocenters. The first-order valence-corrected chi connectivity index (χ1v) is 11.5. The van der Waals surface area contributed by atoms with E-state index in [1.54, 1.807) is 43.3 Å². The number of hydrogen-bond acceptors (Lipinski definition) is 4. The minimum absolute atomic E-state index is 0.00793. The number of amides is 2. The Hall–Kier alpha value is -3.36. The van der Waals surface area contributed by atoms with Gasteiger partial charge in [0.2, 0.25) is 0 Å². The van der Waals surface area contributed by atoms with Crippen molar-refractivity contribution in [3.63, 3.8) is 0 Å². The second-order valence-corrected chi connectivity index (χ2v) is 9.27. The molecule has 0 unspecified atom stereocenters. The number of nitrogens with one attached hydrogen (secondary N) is 3. The van der Waals surface area contributed by atoms with Crippen LogP contribution in [-0.4, -0.2) is 27.3 Å². The summed E-state index contributed by atoms with van der Waals surface area (Å²) in [6.07, 6.45) is 0. The van der Waals surface area contributed by atoms with Gasteiger partial charge in [-0.1, -0.05) is 23.7 Å². The lowest BCUT2D eigenvalue weighted by molar-refractivity contribution is 0.0962.